The van der Waals surface area contributed by atoms with E-state index in [1.807, 2.05) is 5.82 Å². The van der Waals surface area contributed by atoms with Gasteiger partial charge in [0.15, 0.2) is 0 Å². The van der Waals surface area contributed by atoms with E-state index in [9.17, 15) is 13.9 Å². The van der Waals surface area contributed by atoms with Crippen molar-refractivity contribution in [2.24, 2.45) is 0 Å². The third kappa shape index (κ3) is 5.95. The molecular weight excluding hydrogens is 463 g/mol. The van der Waals surface area contributed by atoms with Crippen molar-refractivity contribution in [3.05, 3.63) is 16.7 Å². The normalized spacial score (nSPS) is 24.1. The molecule has 1 saturated heterocycles. The molecule has 2 rings (SSSR count). The van der Waals surface area contributed by atoms with Crippen LogP contribution in [0.25, 0.3) is 0 Å². The van der Waals surface area contributed by atoms with Gasteiger partial charge in [0.2, 0.25) is 0 Å². The second-order valence-corrected chi connectivity index (χ2v) is 9.38. The van der Waals surface area contributed by atoms with E-state index in [2.05, 4.69) is 14.0 Å². The summed E-state index contributed by atoms with van der Waals surface area (Å²) in [5.74, 6) is 1.93. The molecule has 0 saturated carbocycles. The first-order valence-corrected chi connectivity index (χ1v) is 12.5. The second-order valence-electron chi connectivity index (χ2n) is 5.17. The van der Waals surface area contributed by atoms with Crippen molar-refractivity contribution >= 4 is 40.9 Å². The summed E-state index contributed by atoms with van der Waals surface area (Å²) >= 11 is -0.0874. The predicted molar refractivity (Wildman–Crippen MR) is 87.6 cm³/mol. The molecule has 0 spiro atoms. The molecule has 16 heteroatoms. The summed E-state index contributed by atoms with van der Waals surface area (Å²) in [6.07, 6.45) is -2.29. The van der Waals surface area contributed by atoms with Crippen molar-refractivity contribution in [3.8, 4) is 0 Å². The van der Waals surface area contributed by atoms with Gasteiger partial charge in [-0.3, -0.25) is 0 Å². The molecule has 0 radical (unpaired) electrons. The summed E-state index contributed by atoms with van der Waals surface area (Å²) in [6, 6.07) is 0. The number of hydrogen-bond donors (Lipinski definition) is 5. The summed E-state index contributed by atoms with van der Waals surface area (Å²) in [4.78, 5) is 51.3. The zero-order chi connectivity index (χ0) is 19.7. The van der Waals surface area contributed by atoms with Crippen LogP contribution in [0, 0.1) is 0 Å². The molecule has 0 unspecified atom stereocenters. The predicted octanol–water partition coefficient (Wildman–Crippen LogP) is -1.92. The molecule has 148 valence electrons. The summed E-state index contributed by atoms with van der Waals surface area (Å²) in [5.41, 5.74) is 4.91. The van der Waals surface area contributed by atoms with Gasteiger partial charge in [-0.1, -0.05) is 0 Å². The molecule has 0 amide bonds. The minimum absolute atomic E-state index is 0.0798. The van der Waals surface area contributed by atoms with Crippen LogP contribution < -0.4 is 15.9 Å². The Balaban J connectivity index is 2.27. The fourth-order valence-corrected chi connectivity index (χ4v) is 4.22. The van der Waals surface area contributed by atoms with E-state index < -0.39 is 46.4 Å². The quantitative estimate of drug-likeness (QED) is 0.214. The van der Waals surface area contributed by atoms with Crippen LogP contribution in [0.15, 0.2) is 11.0 Å². The number of rotatable bonds is 7. The Labute approximate surface area is 153 Å². The van der Waals surface area contributed by atoms with Gasteiger partial charge in [-0.05, 0) is 0 Å². The maximum atomic E-state index is 12.1. The molecule has 1 aliphatic rings. The van der Waals surface area contributed by atoms with Crippen LogP contribution in [0.3, 0.4) is 0 Å². The van der Waals surface area contributed by atoms with Crippen molar-refractivity contribution < 1.29 is 42.5 Å². The van der Waals surface area contributed by atoms with Crippen molar-refractivity contribution in [1.82, 2.24) is 9.55 Å². The van der Waals surface area contributed by atoms with Crippen molar-refractivity contribution in [3.63, 3.8) is 0 Å². The van der Waals surface area contributed by atoms with Crippen molar-refractivity contribution in [1.29, 1.82) is 0 Å². The summed E-state index contributed by atoms with van der Waals surface area (Å²) in [5, 5.41) is 0. The first kappa shape index (κ1) is 21.7. The van der Waals surface area contributed by atoms with Crippen LogP contribution in [0.1, 0.15) is 12.6 Å². The zero-order valence-corrected chi connectivity index (χ0v) is 16.7. The Bertz CT molecular complexity index is 807. The average molecular weight is 480 g/mol. The molecule has 1 aromatic heterocycles. The number of aromatic nitrogens is 2. The van der Waals surface area contributed by atoms with Crippen LogP contribution in [-0.2, 0) is 22.9 Å². The SMILES string of the molecule is C[Se]c1cn([C@H]2C[C@H](OP(=O)(O)O)[C@@H](COP(=O)(O)O)O2)c(=O)nc1N. The van der Waals surface area contributed by atoms with Gasteiger partial charge in [0.05, 0.1) is 0 Å². The molecule has 0 aliphatic carbocycles. The van der Waals surface area contributed by atoms with Crippen LogP contribution in [0.2, 0.25) is 5.82 Å². The van der Waals surface area contributed by atoms with Crippen LogP contribution in [-0.4, -0.2) is 62.9 Å². The summed E-state index contributed by atoms with van der Waals surface area (Å²) < 4.78 is 38.1. The first-order valence-electron chi connectivity index (χ1n) is 6.92. The van der Waals surface area contributed by atoms with E-state index in [-0.39, 0.29) is 27.2 Å². The standard InChI is InChI=1S/C10H17N3O10P2Se/c1-26-7-3-13(10(14)12-9(7)11)8-2-5(23-25(18,19)20)6(22-8)4-21-24(15,16)17/h3,5-6,8H,2,4H2,1H3,(H2,11,12,14)(H2,15,16,17)(H2,18,19,20)/t5-,6+,8+/m0/s1. The second kappa shape index (κ2) is 8.17. The number of ether oxygens (including phenoxy) is 1. The Hall–Kier alpha value is -0.621. The fourth-order valence-electron chi connectivity index (χ4n) is 2.31. The van der Waals surface area contributed by atoms with Gasteiger partial charge in [0.1, 0.15) is 0 Å². The van der Waals surface area contributed by atoms with Crippen LogP contribution >= 0.6 is 15.6 Å². The molecule has 13 nitrogen and oxygen atoms in total. The van der Waals surface area contributed by atoms with Crippen molar-refractivity contribution in [2.75, 3.05) is 12.3 Å². The van der Waals surface area contributed by atoms with E-state index in [0.29, 0.717) is 4.46 Å². The van der Waals surface area contributed by atoms with Gasteiger partial charge in [0.25, 0.3) is 0 Å². The number of hydrogen-bond acceptors (Lipinski definition) is 8. The van der Waals surface area contributed by atoms with E-state index in [0.717, 1.165) is 4.57 Å². The summed E-state index contributed by atoms with van der Waals surface area (Å²) in [6.45, 7) is -0.701. The molecule has 0 aromatic carbocycles. The Morgan fingerprint density at radius 1 is 1.38 bits per heavy atom. The number of phosphoric acid groups is 2. The molecular formula is C10H17N3O10P2Se. The van der Waals surface area contributed by atoms with Gasteiger partial charge in [0, 0.05) is 0 Å². The van der Waals surface area contributed by atoms with Gasteiger partial charge < -0.3 is 0 Å². The van der Waals surface area contributed by atoms with E-state index in [1.54, 1.807) is 0 Å². The zero-order valence-electron chi connectivity index (χ0n) is 13.2. The maximum absolute atomic E-state index is 12.1. The topological polar surface area (TPSA) is 204 Å². The molecule has 1 aliphatic heterocycles. The van der Waals surface area contributed by atoms with E-state index in [4.69, 9.17) is 30.0 Å². The molecule has 26 heavy (non-hydrogen) atoms. The number of nitrogens with two attached hydrogens (primary N) is 1. The fraction of sp³-hybridized carbons (Fsp3) is 0.600. The van der Waals surface area contributed by atoms with Gasteiger partial charge >= 0.3 is 153 Å². The van der Waals surface area contributed by atoms with Gasteiger partial charge in [-0.15, -0.1) is 0 Å². The average Bonchev–Trinajstić information content (AvgIpc) is 2.85. The molecule has 2 heterocycles. The van der Waals surface area contributed by atoms with E-state index >= 15 is 0 Å². The monoisotopic (exact) mass is 481 g/mol. The minimum atomic E-state index is -4.92. The number of phosphoric ester groups is 2. The Morgan fingerprint density at radius 2 is 2.04 bits per heavy atom. The van der Waals surface area contributed by atoms with E-state index in [1.165, 1.54) is 6.20 Å². The third-order valence-corrected chi connectivity index (χ3v) is 5.95. The van der Waals surface area contributed by atoms with Crippen LogP contribution in [0.5, 0.6) is 0 Å². The Kier molecular flexibility index (Phi) is 6.81. The number of anilines is 1. The Morgan fingerprint density at radius 3 is 2.58 bits per heavy atom. The van der Waals surface area contributed by atoms with Crippen LogP contribution in [0.4, 0.5) is 5.82 Å². The molecule has 1 fully saturated rings. The summed E-state index contributed by atoms with van der Waals surface area (Å²) in [7, 11) is -9.76. The van der Waals surface area contributed by atoms with Gasteiger partial charge in [-0.25, -0.2) is 0 Å². The first-order chi connectivity index (χ1) is 11.9. The third-order valence-electron chi connectivity index (χ3n) is 3.34. The molecule has 6 N–H and O–H groups in total. The molecule has 0 bridgehead atoms. The van der Waals surface area contributed by atoms with Crippen molar-refractivity contribution in [2.45, 2.75) is 30.7 Å². The number of nitrogens with zero attached hydrogens (tertiary/aromatic N) is 2. The molecule has 3 atom stereocenters. The molecule has 1 aromatic rings. The van der Waals surface area contributed by atoms with Gasteiger partial charge in [-0.2, -0.15) is 0 Å². The number of nitrogen functional groups attached to an aromatic ring is 1.